The number of nitrogens with one attached hydrogen (secondary N) is 2. The third-order valence-corrected chi connectivity index (χ3v) is 4.39. The van der Waals surface area contributed by atoms with Gasteiger partial charge in [-0.05, 0) is 50.2 Å². The van der Waals surface area contributed by atoms with E-state index in [9.17, 15) is 0 Å². The summed E-state index contributed by atoms with van der Waals surface area (Å²) in [7, 11) is 0. The molecule has 0 aromatic heterocycles. The summed E-state index contributed by atoms with van der Waals surface area (Å²) in [5, 5.41) is 6.66. The Bertz CT molecular complexity index is 782. The van der Waals surface area contributed by atoms with Crippen LogP contribution in [0.4, 0.5) is 0 Å². The molecule has 174 valence electrons. The van der Waals surface area contributed by atoms with Gasteiger partial charge in [-0.25, -0.2) is 0 Å². The molecule has 2 aliphatic rings. The van der Waals surface area contributed by atoms with E-state index >= 15 is 0 Å². The summed E-state index contributed by atoms with van der Waals surface area (Å²) in [6.07, 6.45) is 21.6. The van der Waals surface area contributed by atoms with Crippen molar-refractivity contribution in [3.05, 3.63) is 102 Å². The normalized spacial score (nSPS) is 14.0. The molecule has 2 N–H and O–H groups in total. The molecule has 0 bridgehead atoms. The number of terminal acetylenes is 1. The van der Waals surface area contributed by atoms with Gasteiger partial charge in [0, 0.05) is 5.70 Å². The monoisotopic (exact) mass is 432 g/mol. The fourth-order valence-electron chi connectivity index (χ4n) is 2.71. The van der Waals surface area contributed by atoms with Crippen LogP contribution in [0.3, 0.4) is 0 Å². The van der Waals surface area contributed by atoms with E-state index in [4.69, 9.17) is 0 Å². The summed E-state index contributed by atoms with van der Waals surface area (Å²) in [6, 6.07) is 8.28. The van der Waals surface area contributed by atoms with Crippen LogP contribution in [0.25, 0.3) is 6.08 Å². The van der Waals surface area contributed by atoms with Gasteiger partial charge < -0.3 is 10.6 Å². The highest BCUT2D eigenvalue weighted by molar-refractivity contribution is 5.47. The average molecular weight is 433 g/mol. The van der Waals surface area contributed by atoms with Crippen molar-refractivity contribution in [3.63, 3.8) is 0 Å². The van der Waals surface area contributed by atoms with E-state index in [-0.39, 0.29) is 0 Å². The van der Waals surface area contributed by atoms with Crippen LogP contribution in [-0.4, -0.2) is 0 Å². The first-order valence-corrected chi connectivity index (χ1v) is 11.5. The molecule has 1 aromatic carbocycles. The minimum atomic E-state index is 0.863. The summed E-state index contributed by atoms with van der Waals surface area (Å²) >= 11 is 0. The van der Waals surface area contributed by atoms with Crippen molar-refractivity contribution in [1.29, 1.82) is 0 Å². The highest BCUT2D eigenvalue weighted by Gasteiger charge is 2.27. The molecule has 0 amide bonds. The van der Waals surface area contributed by atoms with Crippen molar-refractivity contribution in [2.75, 3.05) is 0 Å². The van der Waals surface area contributed by atoms with Crippen molar-refractivity contribution in [2.24, 2.45) is 5.92 Å². The van der Waals surface area contributed by atoms with E-state index in [1.807, 2.05) is 46.8 Å². The molecule has 0 saturated heterocycles. The van der Waals surface area contributed by atoms with Gasteiger partial charge in [-0.15, -0.1) is 12.8 Å². The second-order valence-corrected chi connectivity index (χ2v) is 6.68. The molecule has 2 heteroatoms. The second kappa shape index (κ2) is 19.8. The van der Waals surface area contributed by atoms with Gasteiger partial charge in [0.2, 0.25) is 0 Å². The molecule has 3 rings (SSSR count). The molecule has 0 atom stereocenters. The number of benzene rings is 1. The van der Waals surface area contributed by atoms with Crippen LogP contribution in [0.2, 0.25) is 0 Å². The molecular weight excluding hydrogens is 388 g/mol. The number of allylic oxidation sites excluding steroid dienone is 5. The first kappa shape index (κ1) is 31.0. The van der Waals surface area contributed by atoms with E-state index in [1.54, 1.807) is 6.08 Å². The molecule has 1 aromatic rings. The molecule has 2 nitrogen and oxygen atoms in total. The van der Waals surface area contributed by atoms with Crippen molar-refractivity contribution >= 4 is 6.08 Å². The highest BCUT2D eigenvalue weighted by Crippen LogP contribution is 2.37. The zero-order valence-electron chi connectivity index (χ0n) is 21.2. The van der Waals surface area contributed by atoms with Gasteiger partial charge in [0.15, 0.2) is 0 Å². The van der Waals surface area contributed by atoms with Crippen LogP contribution in [-0.2, 0) is 0 Å². The Hall–Kier alpha value is -3.18. The Morgan fingerprint density at radius 1 is 1.03 bits per heavy atom. The quantitative estimate of drug-likeness (QED) is 0.349. The number of rotatable bonds is 6. The molecule has 32 heavy (non-hydrogen) atoms. The average Bonchev–Trinajstić information content (AvgIpc) is 3.60. The Morgan fingerprint density at radius 2 is 1.59 bits per heavy atom. The molecule has 1 fully saturated rings. The Balaban J connectivity index is 0. The SMILES string of the molecule is C#C.C=C/C=C\C(=C/C)C1=C(CC2CC2)NC(=C)N1.C=Cc1ccc(C)cc1.CC.CC. The van der Waals surface area contributed by atoms with Crippen molar-refractivity contribution in [1.82, 2.24) is 10.6 Å². The third-order valence-electron chi connectivity index (χ3n) is 4.39. The summed E-state index contributed by atoms with van der Waals surface area (Å²) in [6.45, 7) is 23.4. The summed E-state index contributed by atoms with van der Waals surface area (Å²) < 4.78 is 0. The first-order valence-electron chi connectivity index (χ1n) is 11.5. The molecule has 1 heterocycles. The van der Waals surface area contributed by atoms with Crippen LogP contribution in [0, 0.1) is 25.7 Å². The van der Waals surface area contributed by atoms with E-state index in [1.165, 1.54) is 40.9 Å². The molecule has 0 radical (unpaired) electrons. The van der Waals surface area contributed by atoms with Crippen LogP contribution in [0.15, 0.2) is 91.1 Å². The minimum Gasteiger partial charge on any atom is -0.344 e. The molecule has 1 aliphatic heterocycles. The summed E-state index contributed by atoms with van der Waals surface area (Å²) in [5.74, 6) is 1.74. The van der Waals surface area contributed by atoms with E-state index < -0.39 is 0 Å². The summed E-state index contributed by atoms with van der Waals surface area (Å²) in [4.78, 5) is 0. The Kier molecular flexibility index (Phi) is 19.2. The van der Waals surface area contributed by atoms with Crippen LogP contribution >= 0.6 is 0 Å². The maximum absolute atomic E-state index is 4.00. The predicted octanol–water partition coefficient (Wildman–Crippen LogP) is 8.29. The third kappa shape index (κ3) is 12.5. The fourth-order valence-corrected chi connectivity index (χ4v) is 2.71. The number of hydrogen-bond donors (Lipinski definition) is 2. The summed E-state index contributed by atoms with van der Waals surface area (Å²) in [5.41, 5.74) is 6.11. The van der Waals surface area contributed by atoms with Gasteiger partial charge in [0.1, 0.15) is 5.82 Å². The maximum Gasteiger partial charge on any atom is 0.100 e. The van der Waals surface area contributed by atoms with E-state index in [0.29, 0.717) is 0 Å². The van der Waals surface area contributed by atoms with E-state index in [0.717, 1.165) is 18.2 Å². The van der Waals surface area contributed by atoms with Crippen molar-refractivity contribution in [2.45, 2.75) is 60.8 Å². The van der Waals surface area contributed by atoms with Crippen LogP contribution < -0.4 is 10.6 Å². The molecule has 0 spiro atoms. The van der Waals surface area contributed by atoms with Crippen molar-refractivity contribution < 1.29 is 0 Å². The molecule has 1 aliphatic carbocycles. The van der Waals surface area contributed by atoms with E-state index in [2.05, 4.69) is 86.6 Å². The number of hydrogen-bond acceptors (Lipinski definition) is 2. The second-order valence-electron chi connectivity index (χ2n) is 6.68. The van der Waals surface area contributed by atoms with Gasteiger partial charge in [-0.3, -0.25) is 0 Å². The van der Waals surface area contributed by atoms with Gasteiger partial charge >= 0.3 is 0 Å². The van der Waals surface area contributed by atoms with Crippen molar-refractivity contribution in [3.8, 4) is 12.8 Å². The molecule has 1 saturated carbocycles. The fraction of sp³-hybridized carbons (Fsp3) is 0.333. The van der Waals surface area contributed by atoms with Gasteiger partial charge in [0.05, 0.1) is 5.70 Å². The number of aryl methyl sites for hydroxylation is 1. The van der Waals surface area contributed by atoms with Crippen LogP contribution in [0.5, 0.6) is 0 Å². The van der Waals surface area contributed by atoms with Gasteiger partial charge in [0.25, 0.3) is 0 Å². The maximum atomic E-state index is 4.00. The predicted molar refractivity (Wildman–Crippen MR) is 147 cm³/mol. The smallest absolute Gasteiger partial charge is 0.100 e. The molecular formula is C30H44N2. The lowest BCUT2D eigenvalue weighted by Crippen LogP contribution is -2.11. The zero-order chi connectivity index (χ0) is 24.9. The zero-order valence-corrected chi connectivity index (χ0v) is 21.2. The lowest BCUT2D eigenvalue weighted by atomic mass is 10.1. The Morgan fingerprint density at radius 3 is 2.03 bits per heavy atom. The lowest BCUT2D eigenvalue weighted by molar-refractivity contribution is 0.772. The molecule has 0 unspecified atom stereocenters. The largest absolute Gasteiger partial charge is 0.344 e. The van der Waals surface area contributed by atoms with Gasteiger partial charge in [-0.1, -0.05) is 108 Å². The minimum absolute atomic E-state index is 0.863. The topological polar surface area (TPSA) is 24.1 Å². The Labute approximate surface area is 198 Å². The first-order chi connectivity index (χ1) is 15.6. The highest BCUT2D eigenvalue weighted by atomic mass is 15.2. The standard InChI is InChI=1S/C15H20N2.C9H10.2C2H6.C2H2/c1-4-6-7-13(5-2)15-14(10-12-8-9-12)16-11(3)17-15;1-3-9-6-4-8(2)5-7-9;3*1-2/h4-7,12,16-17H,1,3,8-10H2,2H3;3-7H,1H2,2H3;2*1-2H3;1-2H/b7-6-,13-5+;;;;. The van der Waals surface area contributed by atoms with Gasteiger partial charge in [-0.2, -0.15) is 0 Å². The van der Waals surface area contributed by atoms with Crippen LogP contribution in [0.1, 0.15) is 65.0 Å². The lowest BCUT2D eigenvalue weighted by Gasteiger charge is -2.06.